The molecule has 4 rings (SSSR count). The molecule has 1 fully saturated rings. The second-order valence-electron chi connectivity index (χ2n) is 6.33. The van der Waals surface area contributed by atoms with Gasteiger partial charge in [0.15, 0.2) is 5.13 Å². The van der Waals surface area contributed by atoms with Crippen molar-refractivity contribution in [2.75, 3.05) is 31.1 Å². The molecule has 9 heteroatoms. The molecule has 0 N–H and O–H groups in total. The number of nitro groups is 1. The Labute approximate surface area is 164 Å². The van der Waals surface area contributed by atoms with Gasteiger partial charge in [0.1, 0.15) is 0 Å². The molecule has 0 atom stereocenters. The Morgan fingerprint density at radius 2 is 1.96 bits per heavy atom. The normalized spacial score (nSPS) is 14.7. The topological polar surface area (TPSA) is 79.6 Å². The van der Waals surface area contributed by atoms with Crippen molar-refractivity contribution in [1.82, 2.24) is 9.88 Å². The predicted molar refractivity (Wildman–Crippen MR) is 108 cm³/mol. The zero-order chi connectivity index (χ0) is 19.0. The van der Waals surface area contributed by atoms with Crippen LogP contribution in [0.1, 0.15) is 22.2 Å². The van der Waals surface area contributed by atoms with Gasteiger partial charge in [-0.15, -0.1) is 0 Å². The number of nitrogens with zero attached hydrogens (tertiary/aromatic N) is 4. The third-order valence-electron chi connectivity index (χ3n) is 4.67. The third kappa shape index (κ3) is 3.52. The molecule has 3 heterocycles. The van der Waals surface area contributed by atoms with E-state index in [0.717, 1.165) is 28.4 Å². The van der Waals surface area contributed by atoms with Crippen molar-refractivity contribution in [3.8, 4) is 0 Å². The fourth-order valence-corrected chi connectivity index (χ4v) is 4.98. The average Bonchev–Trinajstić information content (AvgIpc) is 3.34. The van der Waals surface area contributed by atoms with Crippen molar-refractivity contribution in [1.29, 1.82) is 0 Å². The first-order valence-electron chi connectivity index (χ1n) is 8.73. The van der Waals surface area contributed by atoms with Gasteiger partial charge < -0.3 is 9.80 Å². The zero-order valence-electron chi connectivity index (χ0n) is 14.8. The summed E-state index contributed by atoms with van der Waals surface area (Å²) < 4.78 is 1.19. The molecule has 1 aliphatic heterocycles. The van der Waals surface area contributed by atoms with Crippen molar-refractivity contribution in [3.63, 3.8) is 0 Å². The molecule has 1 aliphatic rings. The lowest BCUT2D eigenvalue weighted by molar-refractivity contribution is -0.380. The molecule has 0 bridgehead atoms. The van der Waals surface area contributed by atoms with E-state index in [0.29, 0.717) is 31.1 Å². The van der Waals surface area contributed by atoms with Gasteiger partial charge in [-0.3, -0.25) is 14.9 Å². The molecule has 0 saturated carbocycles. The molecule has 1 amide bonds. The smallest absolute Gasteiger partial charge is 0.324 e. The van der Waals surface area contributed by atoms with E-state index in [9.17, 15) is 14.9 Å². The van der Waals surface area contributed by atoms with E-state index in [4.69, 9.17) is 4.98 Å². The van der Waals surface area contributed by atoms with Crippen LogP contribution >= 0.6 is 22.7 Å². The van der Waals surface area contributed by atoms with Crippen molar-refractivity contribution in [3.05, 3.63) is 50.9 Å². The first-order valence-corrected chi connectivity index (χ1v) is 10.4. The van der Waals surface area contributed by atoms with Crippen LogP contribution in [-0.4, -0.2) is 46.9 Å². The number of hydrogen-bond acceptors (Lipinski definition) is 7. The van der Waals surface area contributed by atoms with Gasteiger partial charge in [0.2, 0.25) is 0 Å². The predicted octanol–water partition coefficient (Wildman–Crippen LogP) is 3.79. The number of benzene rings is 1. The summed E-state index contributed by atoms with van der Waals surface area (Å²) in [6.45, 7) is 4.72. The molecule has 0 unspecified atom stereocenters. The monoisotopic (exact) mass is 402 g/mol. The summed E-state index contributed by atoms with van der Waals surface area (Å²) in [6, 6.07) is 9.30. The maximum atomic E-state index is 12.6. The molecule has 0 spiro atoms. The number of thiophene rings is 1. The van der Waals surface area contributed by atoms with Crippen LogP contribution in [0.25, 0.3) is 10.2 Å². The SMILES string of the molecule is CCc1ccc2nc(N3CCN(C(=O)c4ccc([N+](=O)[O-])s4)CC3)sc2c1. The summed E-state index contributed by atoms with van der Waals surface area (Å²) in [5, 5.41) is 11.8. The summed E-state index contributed by atoms with van der Waals surface area (Å²) in [6.07, 6.45) is 1.00. The highest BCUT2D eigenvalue weighted by Crippen LogP contribution is 2.31. The first kappa shape index (κ1) is 17.9. The Kier molecular flexibility index (Phi) is 4.79. The zero-order valence-corrected chi connectivity index (χ0v) is 16.4. The maximum absolute atomic E-state index is 12.6. The molecular weight excluding hydrogens is 384 g/mol. The number of thiazole rings is 1. The number of aromatic nitrogens is 1. The molecule has 1 aromatic carbocycles. The summed E-state index contributed by atoms with van der Waals surface area (Å²) in [5.74, 6) is -0.135. The number of piperazine rings is 1. The van der Waals surface area contributed by atoms with Crippen LogP contribution < -0.4 is 4.90 Å². The molecule has 27 heavy (non-hydrogen) atoms. The number of rotatable bonds is 4. The molecule has 140 valence electrons. The van der Waals surface area contributed by atoms with Crippen LogP contribution in [0.3, 0.4) is 0 Å². The Bertz CT molecular complexity index is 1010. The van der Waals surface area contributed by atoms with Crippen molar-refractivity contribution in [2.45, 2.75) is 13.3 Å². The van der Waals surface area contributed by atoms with E-state index in [-0.39, 0.29) is 10.9 Å². The van der Waals surface area contributed by atoms with Crippen LogP contribution in [-0.2, 0) is 6.42 Å². The minimum absolute atomic E-state index is 0.00194. The minimum atomic E-state index is -0.462. The summed E-state index contributed by atoms with van der Waals surface area (Å²) in [7, 11) is 0. The van der Waals surface area contributed by atoms with E-state index in [1.807, 2.05) is 0 Å². The lowest BCUT2D eigenvalue weighted by Crippen LogP contribution is -2.48. The molecule has 3 aromatic rings. The Balaban J connectivity index is 1.43. The second kappa shape index (κ2) is 7.24. The van der Waals surface area contributed by atoms with Crippen molar-refractivity contribution in [2.24, 2.45) is 0 Å². The first-order chi connectivity index (χ1) is 13.0. The van der Waals surface area contributed by atoms with Crippen molar-refractivity contribution < 1.29 is 9.72 Å². The summed E-state index contributed by atoms with van der Waals surface area (Å²) in [4.78, 5) is 32.0. The van der Waals surface area contributed by atoms with Gasteiger partial charge in [0.05, 0.1) is 20.0 Å². The Morgan fingerprint density at radius 3 is 2.63 bits per heavy atom. The van der Waals surface area contributed by atoms with E-state index >= 15 is 0 Å². The van der Waals surface area contributed by atoms with Gasteiger partial charge in [-0.25, -0.2) is 4.98 Å². The van der Waals surface area contributed by atoms with Crippen LogP contribution in [0, 0.1) is 10.1 Å². The maximum Gasteiger partial charge on any atom is 0.324 e. The van der Waals surface area contributed by atoms with Crippen LogP contribution in [0.2, 0.25) is 0 Å². The van der Waals surface area contributed by atoms with Gasteiger partial charge in [0.25, 0.3) is 5.91 Å². The van der Waals surface area contributed by atoms with Crippen LogP contribution in [0.15, 0.2) is 30.3 Å². The van der Waals surface area contributed by atoms with E-state index in [2.05, 4.69) is 30.0 Å². The van der Waals surface area contributed by atoms with Crippen LogP contribution in [0.4, 0.5) is 10.1 Å². The quantitative estimate of drug-likeness (QED) is 0.490. The fourth-order valence-electron chi connectivity index (χ4n) is 3.11. The van der Waals surface area contributed by atoms with Gasteiger partial charge >= 0.3 is 5.00 Å². The van der Waals surface area contributed by atoms with E-state index in [1.54, 1.807) is 16.2 Å². The molecule has 2 aromatic heterocycles. The number of anilines is 1. The van der Waals surface area contributed by atoms with Crippen molar-refractivity contribution >= 4 is 48.9 Å². The molecule has 7 nitrogen and oxygen atoms in total. The lowest BCUT2D eigenvalue weighted by Gasteiger charge is -2.34. The number of aryl methyl sites for hydroxylation is 1. The van der Waals surface area contributed by atoms with Gasteiger partial charge in [-0.2, -0.15) is 0 Å². The third-order valence-corrected chi connectivity index (χ3v) is 6.77. The highest BCUT2D eigenvalue weighted by atomic mass is 32.1. The Hall–Kier alpha value is -2.52. The number of hydrogen-bond donors (Lipinski definition) is 0. The standard InChI is InChI=1S/C18H18N4O3S2/c1-2-12-3-4-13-15(11-12)27-18(19-13)21-9-7-20(8-10-21)17(23)14-5-6-16(26-14)22(24)25/h3-6,11H,2,7-10H2,1H3. The summed E-state index contributed by atoms with van der Waals surface area (Å²) in [5.41, 5.74) is 2.31. The van der Waals surface area contributed by atoms with E-state index < -0.39 is 4.92 Å². The van der Waals surface area contributed by atoms with Gasteiger partial charge in [-0.1, -0.05) is 35.7 Å². The number of fused-ring (bicyclic) bond motifs is 1. The van der Waals surface area contributed by atoms with Gasteiger partial charge in [0, 0.05) is 32.2 Å². The van der Waals surface area contributed by atoms with Gasteiger partial charge in [-0.05, 0) is 30.2 Å². The molecule has 0 aliphatic carbocycles. The fraction of sp³-hybridized carbons (Fsp3) is 0.333. The average molecular weight is 403 g/mol. The number of carbonyl (C=O) groups is 1. The molecule has 1 saturated heterocycles. The highest BCUT2D eigenvalue weighted by Gasteiger charge is 2.26. The Morgan fingerprint density at radius 1 is 1.19 bits per heavy atom. The molecule has 0 radical (unpaired) electrons. The minimum Gasteiger partial charge on any atom is -0.345 e. The summed E-state index contributed by atoms with van der Waals surface area (Å²) >= 11 is 2.62. The molecular formula is C18H18N4O3S2. The number of carbonyl (C=O) groups excluding carboxylic acids is 1. The second-order valence-corrected chi connectivity index (χ2v) is 8.40. The van der Waals surface area contributed by atoms with Crippen LogP contribution in [0.5, 0.6) is 0 Å². The number of amides is 1. The van der Waals surface area contributed by atoms with E-state index in [1.165, 1.54) is 22.4 Å². The largest absolute Gasteiger partial charge is 0.345 e. The highest BCUT2D eigenvalue weighted by molar-refractivity contribution is 7.22. The lowest BCUT2D eigenvalue weighted by atomic mass is 10.2.